The average Bonchev–Trinajstić information content (AvgIpc) is 2.42. The van der Waals surface area contributed by atoms with Gasteiger partial charge < -0.3 is 15.8 Å². The van der Waals surface area contributed by atoms with Gasteiger partial charge in [0.15, 0.2) is 11.6 Å². The zero-order valence-corrected chi connectivity index (χ0v) is 12.1. The van der Waals surface area contributed by atoms with Gasteiger partial charge in [-0.25, -0.2) is 4.39 Å². The maximum Gasteiger partial charge on any atom is 0.165 e. The fourth-order valence-electron chi connectivity index (χ4n) is 1.92. The molecule has 2 rings (SSSR count). The van der Waals surface area contributed by atoms with E-state index < -0.39 is 5.82 Å². The van der Waals surface area contributed by atoms with Gasteiger partial charge in [-0.2, -0.15) is 0 Å². The molecule has 0 unspecified atom stereocenters. The number of ether oxygens (including phenoxy) is 1. The summed E-state index contributed by atoms with van der Waals surface area (Å²) in [5.41, 5.74) is 8.99. The Morgan fingerprint density at radius 1 is 1.30 bits per heavy atom. The van der Waals surface area contributed by atoms with Crippen LogP contribution in [0, 0.1) is 12.7 Å². The second-order valence-electron chi connectivity index (χ2n) is 4.34. The molecule has 20 heavy (non-hydrogen) atoms. The SMILES string of the molecule is COc1cc(Nc2c(C)cccc2C(N)=S)ccc1F. The zero-order chi connectivity index (χ0) is 14.7. The van der Waals surface area contributed by atoms with Gasteiger partial charge in [0.05, 0.1) is 12.8 Å². The maximum absolute atomic E-state index is 13.4. The smallest absolute Gasteiger partial charge is 0.165 e. The van der Waals surface area contributed by atoms with Crippen LogP contribution >= 0.6 is 12.2 Å². The minimum absolute atomic E-state index is 0.181. The van der Waals surface area contributed by atoms with Crippen molar-refractivity contribution in [2.24, 2.45) is 5.73 Å². The summed E-state index contributed by atoms with van der Waals surface area (Å²) in [4.78, 5) is 0.310. The summed E-state index contributed by atoms with van der Waals surface area (Å²) in [6, 6.07) is 10.3. The predicted molar refractivity (Wildman–Crippen MR) is 83.3 cm³/mol. The first-order valence-electron chi connectivity index (χ1n) is 6.03. The van der Waals surface area contributed by atoms with Crippen LogP contribution in [0.3, 0.4) is 0 Å². The molecule has 0 radical (unpaired) electrons. The molecular weight excluding hydrogens is 275 g/mol. The van der Waals surface area contributed by atoms with Crippen molar-refractivity contribution in [3.05, 3.63) is 53.3 Å². The molecule has 0 spiro atoms. The number of nitrogens with two attached hydrogens (primary N) is 1. The number of anilines is 2. The Labute approximate surface area is 122 Å². The highest BCUT2D eigenvalue weighted by Gasteiger charge is 2.10. The van der Waals surface area contributed by atoms with Crippen molar-refractivity contribution in [2.75, 3.05) is 12.4 Å². The Balaban J connectivity index is 2.42. The quantitative estimate of drug-likeness (QED) is 0.846. The molecule has 0 saturated carbocycles. The van der Waals surface area contributed by atoms with Crippen molar-refractivity contribution >= 4 is 28.6 Å². The van der Waals surface area contributed by atoms with Gasteiger partial charge in [-0.05, 0) is 30.7 Å². The third-order valence-corrected chi connectivity index (χ3v) is 3.18. The molecule has 2 aromatic carbocycles. The first kappa shape index (κ1) is 14.3. The van der Waals surface area contributed by atoms with E-state index in [2.05, 4.69) is 5.32 Å². The maximum atomic E-state index is 13.4. The summed E-state index contributed by atoms with van der Waals surface area (Å²) in [6.07, 6.45) is 0. The molecule has 0 aliphatic rings. The van der Waals surface area contributed by atoms with Gasteiger partial charge in [-0.3, -0.25) is 0 Å². The van der Waals surface area contributed by atoms with E-state index in [1.165, 1.54) is 13.2 Å². The first-order valence-corrected chi connectivity index (χ1v) is 6.43. The van der Waals surface area contributed by atoms with Gasteiger partial charge in [0.1, 0.15) is 4.99 Å². The van der Waals surface area contributed by atoms with Crippen molar-refractivity contribution in [3.63, 3.8) is 0 Å². The number of methoxy groups -OCH3 is 1. The lowest BCUT2D eigenvalue weighted by atomic mass is 10.1. The Morgan fingerprint density at radius 3 is 2.70 bits per heavy atom. The number of benzene rings is 2. The number of nitrogens with one attached hydrogen (secondary N) is 1. The molecule has 104 valence electrons. The molecule has 0 aliphatic carbocycles. The van der Waals surface area contributed by atoms with Gasteiger partial charge in [-0.15, -0.1) is 0 Å². The molecule has 0 heterocycles. The summed E-state index contributed by atoms with van der Waals surface area (Å²) in [6.45, 7) is 1.95. The number of halogens is 1. The number of aryl methyl sites for hydroxylation is 1. The summed E-state index contributed by atoms with van der Waals surface area (Å²) in [5.74, 6) is -0.224. The molecule has 2 aromatic rings. The van der Waals surface area contributed by atoms with Crippen molar-refractivity contribution in [1.82, 2.24) is 0 Å². The van der Waals surface area contributed by atoms with Crippen molar-refractivity contribution < 1.29 is 9.13 Å². The lowest BCUT2D eigenvalue weighted by Crippen LogP contribution is -2.12. The van der Waals surface area contributed by atoms with Crippen LogP contribution in [0.5, 0.6) is 5.75 Å². The van der Waals surface area contributed by atoms with Gasteiger partial charge in [0.2, 0.25) is 0 Å². The van der Waals surface area contributed by atoms with E-state index in [4.69, 9.17) is 22.7 Å². The highest BCUT2D eigenvalue weighted by Crippen LogP contribution is 2.28. The second kappa shape index (κ2) is 5.88. The Kier molecular flexibility index (Phi) is 4.20. The largest absolute Gasteiger partial charge is 0.494 e. The molecule has 3 nitrogen and oxygen atoms in total. The first-order chi connectivity index (χ1) is 9.52. The van der Waals surface area contributed by atoms with E-state index in [0.717, 1.165) is 16.8 Å². The summed E-state index contributed by atoms with van der Waals surface area (Å²) in [5, 5.41) is 3.21. The predicted octanol–water partition coefficient (Wildman–Crippen LogP) is 3.52. The highest BCUT2D eigenvalue weighted by molar-refractivity contribution is 7.80. The van der Waals surface area contributed by atoms with Gasteiger partial charge in [0, 0.05) is 17.3 Å². The van der Waals surface area contributed by atoms with Crippen LogP contribution in [0.25, 0.3) is 0 Å². The normalized spacial score (nSPS) is 10.2. The number of hydrogen-bond acceptors (Lipinski definition) is 3. The minimum Gasteiger partial charge on any atom is -0.494 e. The van der Waals surface area contributed by atoms with E-state index in [9.17, 15) is 4.39 Å². The van der Waals surface area contributed by atoms with E-state index >= 15 is 0 Å². The summed E-state index contributed by atoms with van der Waals surface area (Å²) < 4.78 is 18.4. The lowest BCUT2D eigenvalue weighted by molar-refractivity contribution is 0.387. The number of para-hydroxylation sites is 1. The van der Waals surface area contributed by atoms with Crippen LogP contribution in [-0.2, 0) is 0 Å². The second-order valence-corrected chi connectivity index (χ2v) is 4.78. The molecule has 0 aromatic heterocycles. The van der Waals surface area contributed by atoms with Crippen LogP contribution < -0.4 is 15.8 Å². The average molecular weight is 290 g/mol. The minimum atomic E-state index is -0.405. The van der Waals surface area contributed by atoms with Crippen molar-refractivity contribution in [3.8, 4) is 5.75 Å². The van der Waals surface area contributed by atoms with E-state index in [0.29, 0.717) is 10.7 Å². The van der Waals surface area contributed by atoms with Crippen molar-refractivity contribution in [1.29, 1.82) is 0 Å². The number of thiocarbonyl (C=S) groups is 1. The van der Waals surface area contributed by atoms with Crippen LogP contribution in [-0.4, -0.2) is 12.1 Å². The standard InChI is InChI=1S/C15H15FN2OS/c1-9-4-3-5-11(15(17)20)14(9)18-10-6-7-12(16)13(8-10)19-2/h3-8,18H,1-2H3,(H2,17,20). The Bertz CT molecular complexity index is 658. The van der Waals surface area contributed by atoms with Gasteiger partial charge >= 0.3 is 0 Å². The lowest BCUT2D eigenvalue weighted by Gasteiger charge is -2.15. The topological polar surface area (TPSA) is 47.3 Å². The molecule has 0 fully saturated rings. The van der Waals surface area contributed by atoms with Crippen LogP contribution in [0.15, 0.2) is 36.4 Å². The summed E-state index contributed by atoms with van der Waals surface area (Å²) in [7, 11) is 1.43. The van der Waals surface area contributed by atoms with Crippen LogP contribution in [0.1, 0.15) is 11.1 Å². The highest BCUT2D eigenvalue weighted by atomic mass is 32.1. The van der Waals surface area contributed by atoms with E-state index in [1.807, 2.05) is 25.1 Å². The number of hydrogen-bond donors (Lipinski definition) is 2. The molecule has 0 aliphatic heterocycles. The third-order valence-electron chi connectivity index (χ3n) is 2.96. The fourth-order valence-corrected chi connectivity index (χ4v) is 2.09. The molecule has 5 heteroatoms. The molecule has 0 atom stereocenters. The summed E-state index contributed by atoms with van der Waals surface area (Å²) >= 11 is 5.05. The number of rotatable bonds is 4. The molecule has 0 bridgehead atoms. The van der Waals surface area contributed by atoms with E-state index in [1.54, 1.807) is 12.1 Å². The zero-order valence-electron chi connectivity index (χ0n) is 11.2. The van der Waals surface area contributed by atoms with Crippen molar-refractivity contribution in [2.45, 2.75) is 6.92 Å². The van der Waals surface area contributed by atoms with Gasteiger partial charge in [-0.1, -0.05) is 24.4 Å². The molecule has 0 amide bonds. The Hall–Kier alpha value is -2.14. The molecular formula is C15H15FN2OS. The fraction of sp³-hybridized carbons (Fsp3) is 0.133. The van der Waals surface area contributed by atoms with Crippen LogP contribution in [0.2, 0.25) is 0 Å². The Morgan fingerprint density at radius 2 is 2.05 bits per heavy atom. The third kappa shape index (κ3) is 2.88. The monoisotopic (exact) mass is 290 g/mol. The van der Waals surface area contributed by atoms with Gasteiger partial charge in [0.25, 0.3) is 0 Å². The van der Waals surface area contributed by atoms with E-state index in [-0.39, 0.29) is 5.75 Å². The molecule has 3 N–H and O–H groups in total. The molecule has 0 saturated heterocycles. The van der Waals surface area contributed by atoms with Crippen LogP contribution in [0.4, 0.5) is 15.8 Å².